The van der Waals surface area contributed by atoms with Crippen molar-refractivity contribution >= 4 is 0 Å². The van der Waals surface area contributed by atoms with Crippen molar-refractivity contribution in [3.05, 3.63) is 0 Å². The van der Waals surface area contributed by atoms with E-state index in [0.717, 1.165) is 19.6 Å². The summed E-state index contributed by atoms with van der Waals surface area (Å²) in [7, 11) is 0. The summed E-state index contributed by atoms with van der Waals surface area (Å²) in [5.74, 6) is 0. The highest BCUT2D eigenvalue weighted by atomic mass is 16.5. The van der Waals surface area contributed by atoms with E-state index in [4.69, 9.17) is 15.6 Å². The molecule has 3 N–H and O–H groups in total. The Morgan fingerprint density at radius 1 is 1.58 bits per heavy atom. The van der Waals surface area contributed by atoms with Crippen LogP contribution in [0.1, 0.15) is 6.92 Å². The second-order valence-corrected chi connectivity index (χ2v) is 3.30. The average molecular weight is 174 g/mol. The van der Waals surface area contributed by atoms with Crippen LogP contribution in [0.25, 0.3) is 0 Å². The van der Waals surface area contributed by atoms with Crippen LogP contribution in [0, 0.1) is 0 Å². The number of hydrogen-bond donors (Lipinski definition) is 2. The summed E-state index contributed by atoms with van der Waals surface area (Å²) in [4.78, 5) is 2.23. The van der Waals surface area contributed by atoms with Gasteiger partial charge in [0.25, 0.3) is 0 Å². The number of morpholine rings is 1. The summed E-state index contributed by atoms with van der Waals surface area (Å²) in [6.45, 7) is 5.41. The first-order valence-electron chi connectivity index (χ1n) is 4.45. The molecule has 0 saturated carbocycles. The van der Waals surface area contributed by atoms with E-state index in [1.54, 1.807) is 0 Å². The van der Waals surface area contributed by atoms with Gasteiger partial charge in [-0.2, -0.15) is 0 Å². The quantitative estimate of drug-likeness (QED) is 0.578. The molecule has 1 heterocycles. The summed E-state index contributed by atoms with van der Waals surface area (Å²) >= 11 is 0. The third kappa shape index (κ3) is 2.71. The molecule has 0 bridgehead atoms. The number of nitrogens with zero attached hydrogens (tertiary/aromatic N) is 1. The van der Waals surface area contributed by atoms with Gasteiger partial charge in [-0.05, 0) is 6.92 Å². The van der Waals surface area contributed by atoms with Gasteiger partial charge < -0.3 is 15.6 Å². The van der Waals surface area contributed by atoms with E-state index in [1.807, 2.05) is 6.92 Å². The normalized spacial score (nSPS) is 32.2. The van der Waals surface area contributed by atoms with E-state index in [0.29, 0.717) is 6.54 Å². The topological polar surface area (TPSA) is 58.7 Å². The van der Waals surface area contributed by atoms with Gasteiger partial charge in [0.15, 0.2) is 0 Å². The van der Waals surface area contributed by atoms with Crippen molar-refractivity contribution in [2.24, 2.45) is 5.73 Å². The van der Waals surface area contributed by atoms with Gasteiger partial charge in [0.1, 0.15) is 0 Å². The molecule has 4 heteroatoms. The van der Waals surface area contributed by atoms with Gasteiger partial charge in [0.05, 0.1) is 18.8 Å². The minimum atomic E-state index is -0.0275. The van der Waals surface area contributed by atoms with E-state index in [1.165, 1.54) is 0 Å². The number of nitrogens with two attached hydrogens (primary N) is 1. The number of ether oxygens (including phenoxy) is 1. The smallest absolute Gasteiger partial charge is 0.0936 e. The first-order valence-corrected chi connectivity index (χ1v) is 4.45. The van der Waals surface area contributed by atoms with E-state index >= 15 is 0 Å². The van der Waals surface area contributed by atoms with Crippen molar-refractivity contribution in [3.8, 4) is 0 Å². The number of hydrogen-bond acceptors (Lipinski definition) is 4. The molecule has 12 heavy (non-hydrogen) atoms. The highest BCUT2D eigenvalue weighted by Gasteiger charge is 2.23. The molecular weight excluding hydrogens is 156 g/mol. The minimum absolute atomic E-state index is 0.0275. The first kappa shape index (κ1) is 9.92. The lowest BCUT2D eigenvalue weighted by molar-refractivity contribution is -0.0942. The fourth-order valence-electron chi connectivity index (χ4n) is 1.61. The number of aliphatic hydroxyl groups is 1. The van der Waals surface area contributed by atoms with E-state index < -0.39 is 0 Å². The molecule has 1 aliphatic rings. The summed E-state index contributed by atoms with van der Waals surface area (Å²) < 4.78 is 5.48. The van der Waals surface area contributed by atoms with E-state index in [9.17, 15) is 0 Å². The van der Waals surface area contributed by atoms with Crippen molar-refractivity contribution in [2.75, 3.05) is 32.8 Å². The molecule has 2 atom stereocenters. The first-order chi connectivity index (χ1) is 5.76. The lowest BCUT2D eigenvalue weighted by Crippen LogP contribution is -2.49. The Labute approximate surface area is 73.3 Å². The molecule has 1 fully saturated rings. The standard InChI is InChI=1S/C8H18N2O2/c1-7-4-10(3-2-9)5-8(6-11)12-7/h7-8,11H,2-6,9H2,1H3. The SMILES string of the molecule is CC1CN(CCN)CC(CO)O1. The maximum atomic E-state index is 8.91. The van der Waals surface area contributed by atoms with Crippen LogP contribution in [0.3, 0.4) is 0 Å². The molecule has 0 spiro atoms. The Morgan fingerprint density at radius 2 is 2.33 bits per heavy atom. The van der Waals surface area contributed by atoms with Crippen molar-refractivity contribution in [1.29, 1.82) is 0 Å². The maximum Gasteiger partial charge on any atom is 0.0936 e. The third-order valence-electron chi connectivity index (χ3n) is 2.05. The summed E-state index contributed by atoms with van der Waals surface area (Å²) in [6, 6.07) is 0. The van der Waals surface area contributed by atoms with Crippen LogP contribution in [0.4, 0.5) is 0 Å². The molecule has 0 aliphatic carbocycles. The molecule has 0 aromatic rings. The largest absolute Gasteiger partial charge is 0.394 e. The van der Waals surface area contributed by atoms with Gasteiger partial charge in [-0.1, -0.05) is 0 Å². The van der Waals surface area contributed by atoms with Crippen molar-refractivity contribution in [3.63, 3.8) is 0 Å². The van der Waals surface area contributed by atoms with Crippen molar-refractivity contribution in [1.82, 2.24) is 4.90 Å². The zero-order valence-electron chi connectivity index (χ0n) is 7.57. The molecule has 2 unspecified atom stereocenters. The Hall–Kier alpha value is -0.160. The summed E-state index contributed by atoms with van der Waals surface area (Å²) in [5.41, 5.74) is 5.45. The van der Waals surface area contributed by atoms with Gasteiger partial charge in [0.2, 0.25) is 0 Å². The Bertz CT molecular complexity index is 132. The lowest BCUT2D eigenvalue weighted by Gasteiger charge is -2.35. The fourth-order valence-corrected chi connectivity index (χ4v) is 1.61. The van der Waals surface area contributed by atoms with Crippen LogP contribution in [-0.2, 0) is 4.74 Å². The maximum absolute atomic E-state index is 8.91. The van der Waals surface area contributed by atoms with Crippen molar-refractivity contribution < 1.29 is 9.84 Å². The fraction of sp³-hybridized carbons (Fsp3) is 1.00. The molecule has 4 nitrogen and oxygen atoms in total. The Kier molecular flexibility index (Phi) is 3.94. The van der Waals surface area contributed by atoms with Crippen LogP contribution in [0.15, 0.2) is 0 Å². The number of rotatable bonds is 3. The minimum Gasteiger partial charge on any atom is -0.394 e. The summed E-state index contributed by atoms with van der Waals surface area (Å²) in [6.07, 6.45) is 0.183. The molecular formula is C8H18N2O2. The van der Waals surface area contributed by atoms with E-state index in [2.05, 4.69) is 4.90 Å². The molecule has 1 saturated heterocycles. The highest BCUT2D eigenvalue weighted by molar-refractivity contribution is 4.75. The average Bonchev–Trinajstić information content (AvgIpc) is 2.04. The number of aliphatic hydroxyl groups excluding tert-OH is 1. The van der Waals surface area contributed by atoms with Crippen LogP contribution in [0.2, 0.25) is 0 Å². The summed E-state index contributed by atoms with van der Waals surface area (Å²) in [5, 5.41) is 8.91. The Morgan fingerprint density at radius 3 is 2.92 bits per heavy atom. The molecule has 0 aromatic carbocycles. The van der Waals surface area contributed by atoms with Gasteiger partial charge in [-0.15, -0.1) is 0 Å². The van der Waals surface area contributed by atoms with Crippen LogP contribution in [-0.4, -0.2) is 55.0 Å². The predicted octanol–water partition coefficient (Wildman–Crippen LogP) is -0.973. The molecule has 1 rings (SSSR count). The lowest BCUT2D eigenvalue weighted by atomic mass is 10.2. The van der Waals surface area contributed by atoms with Crippen LogP contribution >= 0.6 is 0 Å². The van der Waals surface area contributed by atoms with Crippen molar-refractivity contribution in [2.45, 2.75) is 19.1 Å². The zero-order valence-corrected chi connectivity index (χ0v) is 7.57. The van der Waals surface area contributed by atoms with Gasteiger partial charge in [-0.3, -0.25) is 4.90 Å². The van der Waals surface area contributed by atoms with Gasteiger partial charge >= 0.3 is 0 Å². The second kappa shape index (κ2) is 4.77. The molecule has 0 amide bonds. The van der Waals surface area contributed by atoms with E-state index in [-0.39, 0.29) is 18.8 Å². The molecule has 0 radical (unpaired) electrons. The second-order valence-electron chi connectivity index (χ2n) is 3.30. The Balaban J connectivity index is 2.34. The molecule has 72 valence electrons. The predicted molar refractivity (Wildman–Crippen MR) is 46.9 cm³/mol. The van der Waals surface area contributed by atoms with Gasteiger partial charge in [-0.25, -0.2) is 0 Å². The third-order valence-corrected chi connectivity index (χ3v) is 2.05. The highest BCUT2D eigenvalue weighted by Crippen LogP contribution is 2.09. The molecule has 0 aromatic heterocycles. The monoisotopic (exact) mass is 174 g/mol. The molecule has 1 aliphatic heterocycles. The van der Waals surface area contributed by atoms with Gasteiger partial charge in [0, 0.05) is 26.2 Å². The van der Waals surface area contributed by atoms with Crippen LogP contribution < -0.4 is 5.73 Å². The zero-order chi connectivity index (χ0) is 8.97. The van der Waals surface area contributed by atoms with Crippen LogP contribution in [0.5, 0.6) is 0 Å².